The van der Waals surface area contributed by atoms with E-state index in [1.54, 1.807) is 23.1 Å². The predicted molar refractivity (Wildman–Crippen MR) is 106 cm³/mol. The number of hydrogen-bond donors (Lipinski definition) is 1. The molecule has 1 saturated heterocycles. The average Bonchev–Trinajstić information content (AvgIpc) is 3.17. The summed E-state index contributed by atoms with van der Waals surface area (Å²) in [6.45, 7) is 1.80. The van der Waals surface area contributed by atoms with Gasteiger partial charge in [-0.05, 0) is 49.1 Å². The number of benzene rings is 2. The van der Waals surface area contributed by atoms with Gasteiger partial charge in [0.05, 0.1) is 0 Å². The molecule has 2 aliphatic rings. The lowest BCUT2D eigenvalue weighted by atomic mass is 9.94. The summed E-state index contributed by atoms with van der Waals surface area (Å²) in [6, 6.07) is 14.5. The smallest absolute Gasteiger partial charge is 0.253 e. The Kier molecular flexibility index (Phi) is 4.86. The molecule has 0 atom stereocenters. The fourth-order valence-electron chi connectivity index (χ4n) is 4.11. The number of nitrogens with two attached hydrogens (primary N) is 1. The zero-order valence-corrected chi connectivity index (χ0v) is 15.6. The van der Waals surface area contributed by atoms with Gasteiger partial charge in [0.2, 0.25) is 11.8 Å². The zero-order chi connectivity index (χ0) is 19.7. The molecule has 28 heavy (non-hydrogen) atoms. The Bertz CT molecular complexity index is 932. The van der Waals surface area contributed by atoms with Crippen LogP contribution in [0.25, 0.3) is 0 Å². The van der Waals surface area contributed by atoms with E-state index >= 15 is 0 Å². The van der Waals surface area contributed by atoms with E-state index in [0.29, 0.717) is 37.1 Å². The van der Waals surface area contributed by atoms with Crippen molar-refractivity contribution in [3.05, 3.63) is 65.2 Å². The van der Waals surface area contributed by atoms with Gasteiger partial charge >= 0.3 is 0 Å². The van der Waals surface area contributed by atoms with Crippen molar-refractivity contribution in [3.8, 4) is 0 Å². The van der Waals surface area contributed by atoms with Gasteiger partial charge in [-0.3, -0.25) is 14.4 Å². The highest BCUT2D eigenvalue weighted by Crippen LogP contribution is 2.31. The number of rotatable bonds is 3. The lowest BCUT2D eigenvalue weighted by Crippen LogP contribution is -2.44. The molecular formula is C22H23N3O3. The van der Waals surface area contributed by atoms with Gasteiger partial charge in [0.25, 0.3) is 5.91 Å². The third-order valence-electron chi connectivity index (χ3n) is 5.68. The first kappa shape index (κ1) is 18.2. The van der Waals surface area contributed by atoms with Crippen LogP contribution in [-0.4, -0.2) is 42.3 Å². The number of likely N-dealkylation sites (tertiary alicyclic amines) is 1. The van der Waals surface area contributed by atoms with E-state index in [0.717, 1.165) is 18.7 Å². The van der Waals surface area contributed by atoms with Crippen molar-refractivity contribution in [2.45, 2.75) is 19.3 Å². The number of carbonyl (C=O) groups excluding carboxylic acids is 3. The fourth-order valence-corrected chi connectivity index (χ4v) is 4.11. The van der Waals surface area contributed by atoms with E-state index in [-0.39, 0.29) is 17.7 Å². The van der Waals surface area contributed by atoms with Gasteiger partial charge in [0, 0.05) is 42.4 Å². The number of carbonyl (C=O) groups is 3. The topological polar surface area (TPSA) is 83.7 Å². The number of hydrogen-bond acceptors (Lipinski definition) is 3. The van der Waals surface area contributed by atoms with E-state index in [2.05, 4.69) is 6.07 Å². The Labute approximate surface area is 163 Å². The number of nitrogens with zero attached hydrogens (tertiary/aromatic N) is 2. The molecule has 2 aliphatic heterocycles. The van der Waals surface area contributed by atoms with Gasteiger partial charge in [-0.15, -0.1) is 0 Å². The number of fused-ring (bicyclic) bond motifs is 1. The monoisotopic (exact) mass is 377 g/mol. The Morgan fingerprint density at radius 1 is 0.893 bits per heavy atom. The first-order valence-corrected chi connectivity index (χ1v) is 9.63. The normalized spacial score (nSPS) is 16.7. The summed E-state index contributed by atoms with van der Waals surface area (Å²) in [4.78, 5) is 40.7. The molecule has 2 heterocycles. The molecule has 4 rings (SSSR count). The number of primary amides is 1. The summed E-state index contributed by atoms with van der Waals surface area (Å²) < 4.78 is 0. The molecule has 6 nitrogen and oxygen atoms in total. The van der Waals surface area contributed by atoms with Crippen LogP contribution in [0.4, 0.5) is 5.69 Å². The molecule has 0 aromatic heterocycles. The van der Waals surface area contributed by atoms with E-state index in [9.17, 15) is 14.4 Å². The van der Waals surface area contributed by atoms with Crippen LogP contribution in [0.5, 0.6) is 0 Å². The highest BCUT2D eigenvalue weighted by atomic mass is 16.2. The predicted octanol–water partition coefficient (Wildman–Crippen LogP) is 2.23. The van der Waals surface area contributed by atoms with Crippen LogP contribution < -0.4 is 10.6 Å². The van der Waals surface area contributed by atoms with Gasteiger partial charge in [-0.2, -0.15) is 0 Å². The lowest BCUT2D eigenvalue weighted by molar-refractivity contribution is -0.123. The highest BCUT2D eigenvalue weighted by Gasteiger charge is 2.33. The van der Waals surface area contributed by atoms with Gasteiger partial charge in [-0.1, -0.05) is 24.3 Å². The molecular weight excluding hydrogens is 354 g/mol. The average molecular weight is 377 g/mol. The minimum absolute atomic E-state index is 0.0628. The maximum Gasteiger partial charge on any atom is 0.253 e. The SMILES string of the molecule is NC(=O)c1cccc(C(=O)N2CCC(C(=O)N3CCc4ccccc43)CC2)c1. The zero-order valence-electron chi connectivity index (χ0n) is 15.6. The summed E-state index contributed by atoms with van der Waals surface area (Å²) in [6.07, 6.45) is 2.20. The second kappa shape index (κ2) is 7.46. The lowest BCUT2D eigenvalue weighted by Gasteiger charge is -2.33. The number of para-hydroxylation sites is 1. The van der Waals surface area contributed by atoms with Crippen molar-refractivity contribution in [1.29, 1.82) is 0 Å². The van der Waals surface area contributed by atoms with Crippen LogP contribution in [-0.2, 0) is 11.2 Å². The molecule has 0 bridgehead atoms. The third kappa shape index (κ3) is 3.38. The molecule has 2 aromatic rings. The number of piperidine rings is 1. The first-order chi connectivity index (χ1) is 13.5. The van der Waals surface area contributed by atoms with E-state index in [1.807, 2.05) is 23.1 Å². The maximum absolute atomic E-state index is 13.0. The van der Waals surface area contributed by atoms with Gasteiger partial charge in [0.1, 0.15) is 0 Å². The summed E-state index contributed by atoms with van der Waals surface area (Å²) in [5, 5.41) is 0. The van der Waals surface area contributed by atoms with Crippen LogP contribution in [0.1, 0.15) is 39.1 Å². The fraction of sp³-hybridized carbons (Fsp3) is 0.318. The van der Waals surface area contributed by atoms with Crippen LogP contribution >= 0.6 is 0 Å². The van der Waals surface area contributed by atoms with E-state index < -0.39 is 5.91 Å². The second-order valence-electron chi connectivity index (χ2n) is 7.38. The van der Waals surface area contributed by atoms with Crippen LogP contribution in [0.15, 0.2) is 48.5 Å². The third-order valence-corrected chi connectivity index (χ3v) is 5.68. The molecule has 2 aromatic carbocycles. The summed E-state index contributed by atoms with van der Waals surface area (Å²) >= 11 is 0. The molecule has 3 amide bonds. The van der Waals surface area contributed by atoms with Crippen LogP contribution in [0.2, 0.25) is 0 Å². The van der Waals surface area contributed by atoms with Crippen LogP contribution in [0.3, 0.4) is 0 Å². The molecule has 2 N–H and O–H groups in total. The second-order valence-corrected chi connectivity index (χ2v) is 7.38. The number of amides is 3. The molecule has 0 saturated carbocycles. The summed E-state index contributed by atoms with van der Waals surface area (Å²) in [5.74, 6) is -0.578. The highest BCUT2D eigenvalue weighted by molar-refractivity contribution is 6.00. The molecule has 0 spiro atoms. The van der Waals surface area contributed by atoms with Crippen molar-refractivity contribution in [1.82, 2.24) is 4.90 Å². The van der Waals surface area contributed by atoms with Crippen molar-refractivity contribution in [3.63, 3.8) is 0 Å². The minimum Gasteiger partial charge on any atom is -0.366 e. The van der Waals surface area contributed by atoms with Gasteiger partial charge < -0.3 is 15.5 Å². The molecule has 144 valence electrons. The number of anilines is 1. The largest absolute Gasteiger partial charge is 0.366 e. The maximum atomic E-state index is 13.0. The van der Waals surface area contributed by atoms with Gasteiger partial charge in [0.15, 0.2) is 0 Å². The molecule has 6 heteroatoms. The van der Waals surface area contributed by atoms with Crippen molar-refractivity contribution < 1.29 is 14.4 Å². The Morgan fingerprint density at radius 3 is 2.36 bits per heavy atom. The molecule has 0 aliphatic carbocycles. The Morgan fingerprint density at radius 2 is 1.61 bits per heavy atom. The van der Waals surface area contributed by atoms with Crippen molar-refractivity contribution in [2.24, 2.45) is 11.7 Å². The van der Waals surface area contributed by atoms with Gasteiger partial charge in [-0.25, -0.2) is 0 Å². The Hall–Kier alpha value is -3.15. The Balaban J connectivity index is 1.40. The van der Waals surface area contributed by atoms with Crippen molar-refractivity contribution >= 4 is 23.4 Å². The van der Waals surface area contributed by atoms with Crippen LogP contribution in [0, 0.1) is 5.92 Å². The quantitative estimate of drug-likeness (QED) is 0.890. The first-order valence-electron chi connectivity index (χ1n) is 9.63. The van der Waals surface area contributed by atoms with E-state index in [1.165, 1.54) is 11.6 Å². The molecule has 0 radical (unpaired) electrons. The molecule has 0 unspecified atom stereocenters. The van der Waals surface area contributed by atoms with E-state index in [4.69, 9.17) is 5.73 Å². The van der Waals surface area contributed by atoms with Crippen molar-refractivity contribution in [2.75, 3.05) is 24.5 Å². The molecule has 1 fully saturated rings. The summed E-state index contributed by atoms with van der Waals surface area (Å²) in [5.41, 5.74) is 8.32. The standard InChI is InChI=1S/C22H23N3O3/c23-20(26)17-5-3-6-18(14-17)21(27)24-11-8-16(9-12-24)22(28)25-13-10-15-4-1-2-7-19(15)25/h1-7,14,16H,8-13H2,(H2,23,26). The summed E-state index contributed by atoms with van der Waals surface area (Å²) in [7, 11) is 0. The minimum atomic E-state index is -0.551.